The van der Waals surface area contributed by atoms with E-state index in [0.717, 1.165) is 22.5 Å². The van der Waals surface area contributed by atoms with Crippen LogP contribution in [0.5, 0.6) is 0 Å². The molecule has 2 rings (SSSR count). The van der Waals surface area contributed by atoms with Gasteiger partial charge in [-0.25, -0.2) is 0 Å². The Kier molecular flexibility index (Phi) is 5.69. The molecule has 1 amide bonds. The van der Waals surface area contributed by atoms with Crippen molar-refractivity contribution in [2.45, 2.75) is 20.3 Å². The molecule has 0 saturated carbocycles. The Balaban J connectivity index is 1.87. The summed E-state index contributed by atoms with van der Waals surface area (Å²) in [6.07, 6.45) is 0.369. The Hall–Kier alpha value is -1.71. The van der Waals surface area contributed by atoms with Crippen LogP contribution in [0.1, 0.15) is 17.5 Å². The van der Waals surface area contributed by atoms with Crippen LogP contribution in [0, 0.1) is 13.8 Å². The summed E-state index contributed by atoms with van der Waals surface area (Å²) >= 11 is 12.0. The maximum absolute atomic E-state index is 12.0. The second-order valence-electron chi connectivity index (χ2n) is 5.10. The van der Waals surface area contributed by atoms with Crippen LogP contribution < -0.4 is 10.6 Å². The van der Waals surface area contributed by atoms with E-state index < -0.39 is 0 Å². The number of halogens is 2. The predicted octanol–water partition coefficient (Wildman–Crippen LogP) is 5.05. The van der Waals surface area contributed by atoms with E-state index in [9.17, 15) is 4.79 Å². The van der Waals surface area contributed by atoms with Crippen LogP contribution in [0.4, 0.5) is 11.4 Å². The minimum Gasteiger partial charge on any atom is -0.384 e. The predicted molar refractivity (Wildman–Crippen MR) is 94.1 cm³/mol. The third-order valence-corrected chi connectivity index (χ3v) is 4.04. The molecule has 0 unspecified atom stereocenters. The van der Waals surface area contributed by atoms with Gasteiger partial charge in [0.15, 0.2) is 0 Å². The third-order valence-electron chi connectivity index (χ3n) is 3.40. The fourth-order valence-corrected chi connectivity index (χ4v) is 2.49. The van der Waals surface area contributed by atoms with Gasteiger partial charge in [-0.15, -0.1) is 0 Å². The molecule has 0 bridgehead atoms. The van der Waals surface area contributed by atoms with Crippen molar-refractivity contribution < 1.29 is 4.79 Å². The van der Waals surface area contributed by atoms with Gasteiger partial charge in [-0.3, -0.25) is 4.79 Å². The number of hydrogen-bond acceptors (Lipinski definition) is 2. The number of benzene rings is 2. The summed E-state index contributed by atoms with van der Waals surface area (Å²) in [5, 5.41) is 7.47. The van der Waals surface area contributed by atoms with Gasteiger partial charge in [0.05, 0.1) is 0 Å². The molecule has 0 fully saturated rings. The number of nitrogens with one attached hydrogen (secondary N) is 2. The zero-order valence-corrected chi connectivity index (χ0v) is 14.1. The zero-order valence-electron chi connectivity index (χ0n) is 12.5. The summed E-state index contributed by atoms with van der Waals surface area (Å²) < 4.78 is 0. The molecular weight excluding hydrogens is 319 g/mol. The first-order valence-electron chi connectivity index (χ1n) is 7.02. The normalized spacial score (nSPS) is 10.4. The fourth-order valence-electron chi connectivity index (χ4n) is 2.09. The van der Waals surface area contributed by atoms with Gasteiger partial charge >= 0.3 is 0 Å². The monoisotopic (exact) mass is 336 g/mol. The fraction of sp³-hybridized carbons (Fsp3) is 0.235. The van der Waals surface area contributed by atoms with Gasteiger partial charge in [0, 0.05) is 34.4 Å². The van der Waals surface area contributed by atoms with Crippen LogP contribution in [0.3, 0.4) is 0 Å². The lowest BCUT2D eigenvalue weighted by Gasteiger charge is -2.11. The standard InChI is InChI=1S/C17H18Cl2N2O/c1-11-10-13(18)6-7-15(11)20-9-8-17(22)21-16-5-3-4-14(19)12(16)2/h3-7,10,20H,8-9H2,1-2H3,(H,21,22). The lowest BCUT2D eigenvalue weighted by Crippen LogP contribution is -2.17. The van der Waals surface area contributed by atoms with Crippen molar-refractivity contribution in [2.75, 3.05) is 17.2 Å². The molecule has 0 spiro atoms. The number of aryl methyl sites for hydroxylation is 1. The molecule has 22 heavy (non-hydrogen) atoms. The summed E-state index contributed by atoms with van der Waals surface area (Å²) in [5.74, 6) is -0.0514. The molecule has 5 heteroatoms. The highest BCUT2D eigenvalue weighted by Gasteiger charge is 2.07. The molecule has 0 radical (unpaired) electrons. The number of rotatable bonds is 5. The van der Waals surface area contributed by atoms with Gasteiger partial charge < -0.3 is 10.6 Å². The lowest BCUT2D eigenvalue weighted by atomic mass is 10.2. The molecule has 0 aliphatic rings. The second-order valence-corrected chi connectivity index (χ2v) is 5.94. The number of amides is 1. The van der Waals surface area contributed by atoms with E-state index in [1.807, 2.05) is 44.2 Å². The first-order valence-corrected chi connectivity index (χ1v) is 7.78. The van der Waals surface area contributed by atoms with Crippen molar-refractivity contribution in [1.82, 2.24) is 0 Å². The van der Waals surface area contributed by atoms with E-state index >= 15 is 0 Å². The number of carbonyl (C=O) groups excluding carboxylic acids is 1. The van der Waals surface area contributed by atoms with Crippen LogP contribution in [0.2, 0.25) is 10.0 Å². The van der Waals surface area contributed by atoms with Crippen LogP contribution >= 0.6 is 23.2 Å². The van der Waals surface area contributed by atoms with Gasteiger partial charge in [-0.2, -0.15) is 0 Å². The van der Waals surface area contributed by atoms with E-state index in [-0.39, 0.29) is 5.91 Å². The molecule has 0 atom stereocenters. The molecule has 0 aromatic heterocycles. The number of anilines is 2. The number of hydrogen-bond donors (Lipinski definition) is 2. The van der Waals surface area contributed by atoms with E-state index in [0.29, 0.717) is 23.0 Å². The van der Waals surface area contributed by atoms with E-state index in [2.05, 4.69) is 10.6 Å². The van der Waals surface area contributed by atoms with Crippen LogP contribution in [-0.4, -0.2) is 12.5 Å². The minimum atomic E-state index is -0.0514. The van der Waals surface area contributed by atoms with Crippen molar-refractivity contribution in [1.29, 1.82) is 0 Å². The molecule has 3 nitrogen and oxygen atoms in total. The van der Waals surface area contributed by atoms with Crippen LogP contribution in [0.15, 0.2) is 36.4 Å². The van der Waals surface area contributed by atoms with Crippen molar-refractivity contribution >= 4 is 40.5 Å². The van der Waals surface area contributed by atoms with Gasteiger partial charge in [0.25, 0.3) is 0 Å². The Morgan fingerprint density at radius 3 is 2.59 bits per heavy atom. The van der Waals surface area contributed by atoms with Crippen molar-refractivity contribution in [3.63, 3.8) is 0 Å². The Labute approximate surface area is 140 Å². The summed E-state index contributed by atoms with van der Waals surface area (Å²) in [6, 6.07) is 11.1. The molecule has 0 aliphatic heterocycles. The third kappa shape index (κ3) is 4.39. The highest BCUT2D eigenvalue weighted by Crippen LogP contribution is 2.23. The second kappa shape index (κ2) is 7.52. The molecule has 116 valence electrons. The summed E-state index contributed by atoms with van der Waals surface area (Å²) in [5.41, 5.74) is 3.66. The highest BCUT2D eigenvalue weighted by atomic mass is 35.5. The first kappa shape index (κ1) is 16.7. The Morgan fingerprint density at radius 1 is 1.09 bits per heavy atom. The van der Waals surface area contributed by atoms with Crippen molar-refractivity contribution in [3.05, 3.63) is 57.6 Å². The summed E-state index contributed by atoms with van der Waals surface area (Å²) in [7, 11) is 0. The van der Waals surface area contributed by atoms with Gasteiger partial charge in [0.1, 0.15) is 0 Å². The van der Waals surface area contributed by atoms with Gasteiger partial charge in [0.2, 0.25) is 5.91 Å². The Morgan fingerprint density at radius 2 is 1.86 bits per heavy atom. The molecule has 0 saturated heterocycles. The van der Waals surface area contributed by atoms with E-state index in [1.165, 1.54) is 0 Å². The average molecular weight is 337 g/mol. The summed E-state index contributed by atoms with van der Waals surface area (Å²) in [4.78, 5) is 12.0. The largest absolute Gasteiger partial charge is 0.384 e. The molecule has 0 heterocycles. The molecular formula is C17H18Cl2N2O. The van der Waals surface area contributed by atoms with E-state index in [4.69, 9.17) is 23.2 Å². The molecule has 2 N–H and O–H groups in total. The minimum absolute atomic E-state index is 0.0514. The SMILES string of the molecule is Cc1cc(Cl)ccc1NCCC(=O)Nc1cccc(Cl)c1C. The van der Waals surface area contributed by atoms with Gasteiger partial charge in [-0.1, -0.05) is 29.3 Å². The van der Waals surface area contributed by atoms with Gasteiger partial charge in [-0.05, 0) is 55.3 Å². The highest BCUT2D eigenvalue weighted by molar-refractivity contribution is 6.31. The number of carbonyl (C=O) groups is 1. The molecule has 2 aromatic rings. The van der Waals surface area contributed by atoms with Crippen molar-refractivity contribution in [3.8, 4) is 0 Å². The average Bonchev–Trinajstić information content (AvgIpc) is 2.46. The maximum Gasteiger partial charge on any atom is 0.226 e. The Bertz CT molecular complexity index is 686. The van der Waals surface area contributed by atoms with Crippen molar-refractivity contribution in [2.24, 2.45) is 0 Å². The van der Waals surface area contributed by atoms with Crippen LogP contribution in [-0.2, 0) is 4.79 Å². The maximum atomic E-state index is 12.0. The molecule has 0 aliphatic carbocycles. The van der Waals surface area contributed by atoms with E-state index in [1.54, 1.807) is 6.07 Å². The zero-order chi connectivity index (χ0) is 16.1. The molecule has 2 aromatic carbocycles. The van der Waals surface area contributed by atoms with Crippen LogP contribution in [0.25, 0.3) is 0 Å². The summed E-state index contributed by atoms with van der Waals surface area (Å²) in [6.45, 7) is 4.41. The lowest BCUT2D eigenvalue weighted by molar-refractivity contribution is -0.115. The topological polar surface area (TPSA) is 41.1 Å². The smallest absolute Gasteiger partial charge is 0.226 e. The quantitative estimate of drug-likeness (QED) is 0.801. The first-order chi connectivity index (χ1) is 10.5.